The lowest BCUT2D eigenvalue weighted by molar-refractivity contribution is 0.728. The van der Waals surface area contributed by atoms with Crippen LogP contribution in [-0.4, -0.2) is 6.54 Å². The molecule has 0 spiro atoms. The van der Waals surface area contributed by atoms with E-state index in [0.717, 1.165) is 13.1 Å². The van der Waals surface area contributed by atoms with E-state index in [9.17, 15) is 0 Å². The summed E-state index contributed by atoms with van der Waals surface area (Å²) in [7, 11) is 0. The monoisotopic (exact) mass is 225 g/mol. The Morgan fingerprint density at radius 2 is 1.53 bits per heavy atom. The Morgan fingerprint density at radius 1 is 0.882 bits per heavy atom. The highest BCUT2D eigenvalue weighted by Gasteiger charge is 2.05. The molecular formula is C16H19N. The molecule has 0 fully saturated rings. The van der Waals surface area contributed by atoms with E-state index in [1.165, 1.54) is 22.3 Å². The van der Waals surface area contributed by atoms with Crippen molar-refractivity contribution in [2.45, 2.75) is 20.4 Å². The van der Waals surface area contributed by atoms with Crippen LogP contribution in [0.25, 0.3) is 11.1 Å². The normalized spacial score (nSPS) is 10.5. The minimum absolute atomic E-state index is 0.932. The van der Waals surface area contributed by atoms with Crippen molar-refractivity contribution in [2.24, 2.45) is 0 Å². The summed E-state index contributed by atoms with van der Waals surface area (Å²) in [4.78, 5) is 0. The molecule has 0 aliphatic heterocycles. The summed E-state index contributed by atoms with van der Waals surface area (Å²) in [5, 5.41) is 3.39. The Bertz CT molecular complexity index is 488. The molecule has 1 nitrogen and oxygen atoms in total. The van der Waals surface area contributed by atoms with Crippen LogP contribution in [0.4, 0.5) is 0 Å². The summed E-state index contributed by atoms with van der Waals surface area (Å²) in [6, 6.07) is 17.2. The molecule has 0 aliphatic rings. The van der Waals surface area contributed by atoms with Gasteiger partial charge in [-0.2, -0.15) is 0 Å². The zero-order valence-corrected chi connectivity index (χ0v) is 10.5. The largest absolute Gasteiger partial charge is 0.313 e. The second-order valence-corrected chi connectivity index (χ2v) is 4.25. The molecule has 0 unspecified atom stereocenters. The van der Waals surface area contributed by atoms with Gasteiger partial charge in [0.15, 0.2) is 0 Å². The molecule has 2 aromatic carbocycles. The molecule has 0 atom stereocenters. The zero-order chi connectivity index (χ0) is 12.1. The van der Waals surface area contributed by atoms with Gasteiger partial charge in [-0.05, 0) is 35.7 Å². The number of hydrogen-bond donors (Lipinski definition) is 1. The Hall–Kier alpha value is -1.60. The second-order valence-electron chi connectivity index (χ2n) is 4.25. The van der Waals surface area contributed by atoms with Crippen LogP contribution in [0.15, 0.2) is 48.5 Å². The number of nitrogens with one attached hydrogen (secondary N) is 1. The highest BCUT2D eigenvalue weighted by Crippen LogP contribution is 2.26. The van der Waals surface area contributed by atoms with Gasteiger partial charge in [0.05, 0.1) is 0 Å². The van der Waals surface area contributed by atoms with Gasteiger partial charge >= 0.3 is 0 Å². The smallest absolute Gasteiger partial charge is 0.0211 e. The van der Waals surface area contributed by atoms with Gasteiger partial charge in [0.2, 0.25) is 0 Å². The van der Waals surface area contributed by atoms with E-state index in [-0.39, 0.29) is 0 Å². The molecule has 88 valence electrons. The van der Waals surface area contributed by atoms with Crippen molar-refractivity contribution in [3.05, 3.63) is 59.7 Å². The number of hydrogen-bond acceptors (Lipinski definition) is 1. The van der Waals surface area contributed by atoms with Crippen LogP contribution in [0.5, 0.6) is 0 Å². The first-order valence-electron chi connectivity index (χ1n) is 6.17. The molecule has 1 heteroatoms. The van der Waals surface area contributed by atoms with Crippen molar-refractivity contribution in [3.63, 3.8) is 0 Å². The van der Waals surface area contributed by atoms with Gasteiger partial charge in [-0.15, -0.1) is 0 Å². The highest BCUT2D eigenvalue weighted by atomic mass is 14.8. The van der Waals surface area contributed by atoms with Crippen molar-refractivity contribution in [2.75, 3.05) is 6.54 Å². The Balaban J connectivity index is 2.41. The molecule has 0 saturated carbocycles. The predicted molar refractivity (Wildman–Crippen MR) is 74.0 cm³/mol. The first-order chi connectivity index (χ1) is 8.33. The van der Waals surface area contributed by atoms with Gasteiger partial charge in [-0.25, -0.2) is 0 Å². The fourth-order valence-electron chi connectivity index (χ4n) is 2.07. The maximum Gasteiger partial charge on any atom is 0.0211 e. The molecule has 2 rings (SSSR count). The maximum absolute atomic E-state index is 3.39. The minimum Gasteiger partial charge on any atom is -0.313 e. The molecule has 0 aromatic heterocycles. The number of aryl methyl sites for hydroxylation is 1. The van der Waals surface area contributed by atoms with Crippen LogP contribution >= 0.6 is 0 Å². The van der Waals surface area contributed by atoms with Crippen molar-refractivity contribution in [1.29, 1.82) is 0 Å². The Kier molecular flexibility index (Phi) is 3.94. The van der Waals surface area contributed by atoms with E-state index < -0.39 is 0 Å². The van der Waals surface area contributed by atoms with Gasteiger partial charge in [-0.1, -0.05) is 55.5 Å². The summed E-state index contributed by atoms with van der Waals surface area (Å²) >= 11 is 0. The second kappa shape index (κ2) is 5.65. The van der Waals surface area contributed by atoms with E-state index in [0.29, 0.717) is 0 Å². The third-order valence-corrected chi connectivity index (χ3v) is 3.02. The quantitative estimate of drug-likeness (QED) is 0.835. The molecule has 0 bridgehead atoms. The molecule has 0 heterocycles. The van der Waals surface area contributed by atoms with Crippen LogP contribution in [-0.2, 0) is 6.54 Å². The summed E-state index contributed by atoms with van der Waals surface area (Å²) in [6.07, 6.45) is 0. The summed E-state index contributed by atoms with van der Waals surface area (Å²) < 4.78 is 0. The lowest BCUT2D eigenvalue weighted by atomic mass is 9.96. The lowest BCUT2D eigenvalue weighted by Gasteiger charge is -2.12. The number of rotatable bonds is 4. The molecule has 2 aromatic rings. The van der Waals surface area contributed by atoms with Crippen LogP contribution in [0.1, 0.15) is 18.1 Å². The van der Waals surface area contributed by atoms with Crippen LogP contribution in [0.3, 0.4) is 0 Å². The molecule has 0 aliphatic carbocycles. The van der Waals surface area contributed by atoms with Crippen LogP contribution in [0.2, 0.25) is 0 Å². The maximum atomic E-state index is 3.39. The van der Waals surface area contributed by atoms with Crippen molar-refractivity contribution >= 4 is 0 Å². The topological polar surface area (TPSA) is 12.0 Å². The lowest BCUT2D eigenvalue weighted by Crippen LogP contribution is -2.12. The van der Waals surface area contributed by atoms with E-state index in [1.54, 1.807) is 0 Å². The average molecular weight is 225 g/mol. The van der Waals surface area contributed by atoms with E-state index in [4.69, 9.17) is 0 Å². The average Bonchev–Trinajstić information content (AvgIpc) is 2.37. The highest BCUT2D eigenvalue weighted by molar-refractivity contribution is 5.70. The van der Waals surface area contributed by atoms with Crippen molar-refractivity contribution in [1.82, 2.24) is 5.32 Å². The van der Waals surface area contributed by atoms with Crippen LogP contribution in [0, 0.1) is 6.92 Å². The summed E-state index contributed by atoms with van der Waals surface area (Å²) in [5.74, 6) is 0. The molecular weight excluding hydrogens is 206 g/mol. The van der Waals surface area contributed by atoms with E-state index in [1.807, 2.05) is 0 Å². The fourth-order valence-corrected chi connectivity index (χ4v) is 2.07. The third kappa shape index (κ3) is 2.75. The first-order valence-corrected chi connectivity index (χ1v) is 6.17. The first kappa shape index (κ1) is 11.9. The van der Waals surface area contributed by atoms with Gasteiger partial charge in [0.1, 0.15) is 0 Å². The van der Waals surface area contributed by atoms with Gasteiger partial charge in [0, 0.05) is 6.54 Å². The van der Waals surface area contributed by atoms with Gasteiger partial charge < -0.3 is 5.32 Å². The standard InChI is InChI=1S/C16H19N/c1-3-17-12-14-9-5-7-11-16(14)15-10-6-4-8-13(15)2/h4-11,17H,3,12H2,1-2H3. The Labute approximate surface area is 103 Å². The number of benzene rings is 2. The minimum atomic E-state index is 0.932. The third-order valence-electron chi connectivity index (χ3n) is 3.02. The fraction of sp³-hybridized carbons (Fsp3) is 0.250. The van der Waals surface area contributed by atoms with Crippen molar-refractivity contribution in [3.8, 4) is 11.1 Å². The van der Waals surface area contributed by atoms with E-state index in [2.05, 4.69) is 67.7 Å². The van der Waals surface area contributed by atoms with Gasteiger partial charge in [0.25, 0.3) is 0 Å². The Morgan fingerprint density at radius 3 is 2.24 bits per heavy atom. The van der Waals surface area contributed by atoms with Gasteiger partial charge in [-0.3, -0.25) is 0 Å². The van der Waals surface area contributed by atoms with Crippen LogP contribution < -0.4 is 5.32 Å². The summed E-state index contributed by atoms with van der Waals surface area (Å²) in [5.41, 5.74) is 5.37. The molecule has 0 saturated heterocycles. The summed E-state index contributed by atoms with van der Waals surface area (Å²) in [6.45, 7) is 6.23. The zero-order valence-electron chi connectivity index (χ0n) is 10.5. The SMILES string of the molecule is CCNCc1ccccc1-c1ccccc1C. The predicted octanol–water partition coefficient (Wildman–Crippen LogP) is 3.77. The van der Waals surface area contributed by atoms with E-state index >= 15 is 0 Å². The molecule has 17 heavy (non-hydrogen) atoms. The molecule has 0 radical (unpaired) electrons. The molecule has 0 amide bonds. The van der Waals surface area contributed by atoms with Crippen molar-refractivity contribution < 1.29 is 0 Å². The molecule has 1 N–H and O–H groups in total.